The van der Waals surface area contributed by atoms with Crippen molar-refractivity contribution in [2.75, 3.05) is 19.0 Å². The number of fused-ring (bicyclic) bond motifs is 1. The lowest BCUT2D eigenvalue weighted by Crippen LogP contribution is -2.14. The Labute approximate surface area is 131 Å². The zero-order valence-electron chi connectivity index (χ0n) is 11.3. The Morgan fingerprint density at radius 1 is 1.33 bits per heavy atom. The third kappa shape index (κ3) is 3.12. The van der Waals surface area contributed by atoms with Gasteiger partial charge in [0.05, 0.1) is 16.0 Å². The number of rotatable bonds is 5. The van der Waals surface area contributed by atoms with Gasteiger partial charge in [-0.1, -0.05) is 11.6 Å². The van der Waals surface area contributed by atoms with Crippen molar-refractivity contribution >= 4 is 39.7 Å². The normalized spacial score (nSPS) is 12.5. The van der Waals surface area contributed by atoms with Crippen molar-refractivity contribution in [3.05, 3.63) is 46.1 Å². The van der Waals surface area contributed by atoms with Crippen molar-refractivity contribution in [1.29, 1.82) is 0 Å². The van der Waals surface area contributed by atoms with Crippen molar-refractivity contribution in [3.63, 3.8) is 0 Å². The first-order valence-electron chi connectivity index (χ1n) is 6.34. The Morgan fingerprint density at radius 3 is 3.00 bits per heavy atom. The van der Waals surface area contributed by atoms with Gasteiger partial charge in [-0.25, -0.2) is 9.97 Å². The van der Waals surface area contributed by atoms with E-state index in [1.54, 1.807) is 19.5 Å². The molecule has 0 amide bonds. The summed E-state index contributed by atoms with van der Waals surface area (Å²) in [6.07, 6.45) is 4.89. The molecule has 0 fully saturated rings. The number of aromatic nitrogens is 3. The summed E-state index contributed by atoms with van der Waals surface area (Å²) in [5, 5.41) is 4.24. The summed E-state index contributed by atoms with van der Waals surface area (Å²) in [6.45, 7) is 0.599. The lowest BCUT2D eigenvalue weighted by Gasteiger charge is -2.15. The Kier molecular flexibility index (Phi) is 4.28. The minimum absolute atomic E-state index is 0.0747. The summed E-state index contributed by atoms with van der Waals surface area (Å²) >= 11 is 7.49. The highest BCUT2D eigenvalue weighted by atomic mass is 35.5. The quantitative estimate of drug-likeness (QED) is 0.779. The largest absolute Gasteiger partial charge is 0.374 e. The zero-order valence-corrected chi connectivity index (χ0v) is 12.9. The smallest absolute Gasteiger partial charge is 0.137 e. The molecule has 1 unspecified atom stereocenters. The molecule has 0 spiro atoms. The second-order valence-corrected chi connectivity index (χ2v) is 6.11. The van der Waals surface area contributed by atoms with Crippen LogP contribution in [0.1, 0.15) is 11.0 Å². The van der Waals surface area contributed by atoms with Gasteiger partial charge >= 0.3 is 0 Å². The first kappa shape index (κ1) is 14.2. The Balaban J connectivity index is 1.79. The highest BCUT2D eigenvalue weighted by molar-refractivity contribution is 7.16. The molecule has 0 aromatic carbocycles. The van der Waals surface area contributed by atoms with E-state index in [0.717, 1.165) is 25.9 Å². The molecule has 3 rings (SSSR count). The van der Waals surface area contributed by atoms with Crippen LogP contribution in [-0.4, -0.2) is 28.6 Å². The van der Waals surface area contributed by atoms with E-state index in [4.69, 9.17) is 16.3 Å². The van der Waals surface area contributed by atoms with Gasteiger partial charge < -0.3 is 10.1 Å². The average Bonchev–Trinajstić information content (AvgIpc) is 2.94. The molecule has 3 heterocycles. The molecule has 3 aromatic rings. The van der Waals surface area contributed by atoms with Gasteiger partial charge in [0.1, 0.15) is 18.2 Å². The van der Waals surface area contributed by atoms with Crippen LogP contribution in [0.5, 0.6) is 0 Å². The SMILES string of the molecule is COC(CNc1ncnc2cnccc12)c1ccc(Cl)s1. The molecule has 0 aliphatic heterocycles. The number of nitrogens with one attached hydrogen (secondary N) is 1. The molecular weight excluding hydrogens is 308 g/mol. The van der Waals surface area contributed by atoms with E-state index in [0.29, 0.717) is 6.54 Å². The van der Waals surface area contributed by atoms with Crippen LogP contribution in [0.15, 0.2) is 36.9 Å². The fraction of sp³-hybridized carbons (Fsp3) is 0.214. The number of hydrogen-bond acceptors (Lipinski definition) is 6. The number of methoxy groups -OCH3 is 1. The van der Waals surface area contributed by atoms with Crippen LogP contribution >= 0.6 is 22.9 Å². The summed E-state index contributed by atoms with van der Waals surface area (Å²) < 4.78 is 6.27. The van der Waals surface area contributed by atoms with Crippen LogP contribution in [0.2, 0.25) is 4.34 Å². The molecule has 0 radical (unpaired) electrons. The maximum Gasteiger partial charge on any atom is 0.137 e. The van der Waals surface area contributed by atoms with Crippen molar-refractivity contribution in [3.8, 4) is 0 Å². The Hall–Kier alpha value is -1.76. The number of thiophene rings is 1. The molecular formula is C14H13ClN4OS. The molecule has 0 saturated carbocycles. The standard InChI is InChI=1S/C14H13ClN4OS/c1-20-11(12-2-3-13(15)21-12)7-17-14-9-4-5-16-6-10(9)18-8-19-14/h2-6,8,11H,7H2,1H3,(H,17,18,19). The van der Waals surface area contributed by atoms with Crippen LogP contribution in [0, 0.1) is 0 Å². The Bertz CT molecular complexity index is 743. The molecule has 3 aromatic heterocycles. The van der Waals surface area contributed by atoms with Gasteiger partial charge in [0.25, 0.3) is 0 Å². The molecule has 0 bridgehead atoms. The summed E-state index contributed by atoms with van der Waals surface area (Å²) in [7, 11) is 1.68. The molecule has 1 N–H and O–H groups in total. The maximum absolute atomic E-state index is 5.97. The minimum atomic E-state index is -0.0747. The number of pyridine rings is 1. The topological polar surface area (TPSA) is 59.9 Å². The van der Waals surface area contributed by atoms with Crippen molar-refractivity contribution in [2.24, 2.45) is 0 Å². The molecule has 108 valence electrons. The maximum atomic E-state index is 5.97. The first-order chi connectivity index (χ1) is 10.3. The molecule has 0 saturated heterocycles. The molecule has 21 heavy (non-hydrogen) atoms. The van der Waals surface area contributed by atoms with Gasteiger partial charge in [-0.3, -0.25) is 4.98 Å². The third-order valence-electron chi connectivity index (χ3n) is 3.09. The predicted octanol–water partition coefficient (Wildman–Crippen LogP) is 3.54. The average molecular weight is 321 g/mol. The number of halogens is 1. The van der Waals surface area contributed by atoms with Gasteiger partial charge in [-0.05, 0) is 18.2 Å². The van der Waals surface area contributed by atoms with Gasteiger partial charge in [0.2, 0.25) is 0 Å². The lowest BCUT2D eigenvalue weighted by molar-refractivity contribution is 0.117. The lowest BCUT2D eigenvalue weighted by atomic mass is 10.2. The summed E-state index contributed by atoms with van der Waals surface area (Å²) in [5.41, 5.74) is 0.808. The second-order valence-electron chi connectivity index (χ2n) is 4.36. The van der Waals surface area contributed by atoms with Crippen molar-refractivity contribution < 1.29 is 4.74 Å². The minimum Gasteiger partial charge on any atom is -0.374 e. The summed E-state index contributed by atoms with van der Waals surface area (Å²) in [4.78, 5) is 13.6. The molecule has 7 heteroatoms. The molecule has 0 aliphatic rings. The van der Waals surface area contributed by atoms with Crippen molar-refractivity contribution in [2.45, 2.75) is 6.10 Å². The molecule has 1 atom stereocenters. The van der Waals surface area contributed by atoms with Crippen LogP contribution in [-0.2, 0) is 4.74 Å². The van der Waals surface area contributed by atoms with E-state index in [-0.39, 0.29) is 6.10 Å². The predicted molar refractivity (Wildman–Crippen MR) is 84.9 cm³/mol. The highest BCUT2D eigenvalue weighted by Gasteiger charge is 2.14. The fourth-order valence-corrected chi connectivity index (χ4v) is 3.18. The monoisotopic (exact) mass is 320 g/mol. The third-order valence-corrected chi connectivity index (χ3v) is 4.41. The number of anilines is 1. The van der Waals surface area contributed by atoms with Crippen LogP contribution in [0.3, 0.4) is 0 Å². The fourth-order valence-electron chi connectivity index (χ4n) is 2.04. The van der Waals surface area contributed by atoms with Gasteiger partial charge in [-0.15, -0.1) is 11.3 Å². The van der Waals surface area contributed by atoms with Gasteiger partial charge in [0.15, 0.2) is 0 Å². The highest BCUT2D eigenvalue weighted by Crippen LogP contribution is 2.29. The molecule has 0 aliphatic carbocycles. The van der Waals surface area contributed by atoms with E-state index in [1.807, 2.05) is 18.2 Å². The van der Waals surface area contributed by atoms with Crippen LogP contribution in [0.25, 0.3) is 10.9 Å². The van der Waals surface area contributed by atoms with E-state index < -0.39 is 0 Å². The van der Waals surface area contributed by atoms with Gasteiger partial charge in [0, 0.05) is 30.1 Å². The van der Waals surface area contributed by atoms with E-state index in [9.17, 15) is 0 Å². The van der Waals surface area contributed by atoms with E-state index in [1.165, 1.54) is 17.7 Å². The number of ether oxygens (including phenoxy) is 1. The Morgan fingerprint density at radius 2 is 2.24 bits per heavy atom. The molecule has 5 nitrogen and oxygen atoms in total. The first-order valence-corrected chi connectivity index (χ1v) is 7.54. The summed E-state index contributed by atoms with van der Waals surface area (Å²) in [5.74, 6) is 0.770. The second kappa shape index (κ2) is 6.34. The number of nitrogens with zero attached hydrogens (tertiary/aromatic N) is 3. The zero-order chi connectivity index (χ0) is 14.7. The van der Waals surface area contributed by atoms with Gasteiger partial charge in [-0.2, -0.15) is 0 Å². The van der Waals surface area contributed by atoms with Crippen LogP contribution in [0.4, 0.5) is 5.82 Å². The van der Waals surface area contributed by atoms with E-state index in [2.05, 4.69) is 20.3 Å². The van der Waals surface area contributed by atoms with E-state index >= 15 is 0 Å². The van der Waals surface area contributed by atoms with Crippen molar-refractivity contribution in [1.82, 2.24) is 15.0 Å². The summed E-state index contributed by atoms with van der Waals surface area (Å²) in [6, 6.07) is 5.74. The number of hydrogen-bond donors (Lipinski definition) is 1. The van der Waals surface area contributed by atoms with Crippen LogP contribution < -0.4 is 5.32 Å².